The summed E-state index contributed by atoms with van der Waals surface area (Å²) in [6.45, 7) is 2.50. The zero-order valence-corrected chi connectivity index (χ0v) is 13.1. The van der Waals surface area contributed by atoms with Crippen LogP contribution in [-0.2, 0) is 11.3 Å². The number of rotatable bonds is 5. The van der Waals surface area contributed by atoms with E-state index in [4.69, 9.17) is 16.3 Å². The third kappa shape index (κ3) is 3.93. The lowest BCUT2D eigenvalue weighted by Crippen LogP contribution is -2.27. The van der Waals surface area contributed by atoms with Crippen LogP contribution >= 0.6 is 11.6 Å². The van der Waals surface area contributed by atoms with Gasteiger partial charge >= 0.3 is 0 Å². The first-order valence-electron chi connectivity index (χ1n) is 6.66. The zero-order valence-electron chi connectivity index (χ0n) is 12.3. The third-order valence-electron chi connectivity index (χ3n) is 3.04. The molecule has 0 spiro atoms. The number of benzene rings is 1. The van der Waals surface area contributed by atoms with Crippen molar-refractivity contribution in [3.8, 4) is 0 Å². The quantitative estimate of drug-likeness (QED) is 0.915. The van der Waals surface area contributed by atoms with Crippen LogP contribution in [0.25, 0.3) is 0 Å². The molecule has 0 aliphatic carbocycles. The fourth-order valence-corrected chi connectivity index (χ4v) is 1.95. The van der Waals surface area contributed by atoms with Crippen molar-refractivity contribution in [2.75, 3.05) is 19.0 Å². The molecule has 0 unspecified atom stereocenters. The maximum absolute atomic E-state index is 12.2. The number of hydrogen-bond donors (Lipinski definition) is 1. The minimum Gasteiger partial charge on any atom is -0.383 e. The van der Waals surface area contributed by atoms with Crippen LogP contribution in [0.2, 0.25) is 5.02 Å². The highest BCUT2D eigenvalue weighted by Crippen LogP contribution is 2.20. The predicted molar refractivity (Wildman–Crippen MR) is 84.5 cm³/mol. The molecule has 2 rings (SSSR count). The number of aryl methyl sites for hydroxylation is 1. The van der Waals surface area contributed by atoms with E-state index in [-0.39, 0.29) is 17.8 Å². The smallest absolute Gasteiger partial charge is 0.276 e. The number of carbonyl (C=O) groups excluding carboxylic acids is 1. The number of aromatic nitrogens is 2. The Balaban J connectivity index is 2.18. The van der Waals surface area contributed by atoms with E-state index in [0.717, 1.165) is 5.56 Å². The number of hydrogen-bond acceptors (Lipinski definition) is 4. The van der Waals surface area contributed by atoms with Gasteiger partial charge in [-0.05, 0) is 30.7 Å². The van der Waals surface area contributed by atoms with Crippen molar-refractivity contribution < 1.29 is 9.53 Å². The van der Waals surface area contributed by atoms with Gasteiger partial charge in [-0.3, -0.25) is 9.59 Å². The molecule has 22 heavy (non-hydrogen) atoms. The molecule has 1 heterocycles. The molecule has 0 aliphatic rings. The Morgan fingerprint density at radius 1 is 1.36 bits per heavy atom. The van der Waals surface area contributed by atoms with Crippen LogP contribution in [0.4, 0.5) is 5.69 Å². The molecule has 1 amide bonds. The zero-order chi connectivity index (χ0) is 16.1. The van der Waals surface area contributed by atoms with Crippen molar-refractivity contribution in [1.82, 2.24) is 9.78 Å². The summed E-state index contributed by atoms with van der Waals surface area (Å²) in [5, 5.41) is 7.29. The number of amides is 1. The average molecular weight is 322 g/mol. The van der Waals surface area contributed by atoms with Crippen molar-refractivity contribution in [3.05, 3.63) is 57.0 Å². The Labute approximate surface area is 132 Å². The van der Waals surface area contributed by atoms with Crippen molar-refractivity contribution >= 4 is 23.2 Å². The minimum absolute atomic E-state index is 0.146. The van der Waals surface area contributed by atoms with E-state index in [1.165, 1.54) is 23.9 Å². The summed E-state index contributed by atoms with van der Waals surface area (Å²) >= 11 is 6.02. The molecule has 1 N–H and O–H groups in total. The molecule has 0 fully saturated rings. The summed E-state index contributed by atoms with van der Waals surface area (Å²) in [5.74, 6) is -0.411. The molecule has 0 aliphatic heterocycles. The normalized spacial score (nSPS) is 10.5. The first-order valence-corrected chi connectivity index (χ1v) is 7.03. The number of halogens is 1. The summed E-state index contributed by atoms with van der Waals surface area (Å²) < 4.78 is 6.10. The lowest BCUT2D eigenvalue weighted by atomic mass is 10.2. The Morgan fingerprint density at radius 2 is 2.14 bits per heavy atom. The van der Waals surface area contributed by atoms with E-state index < -0.39 is 5.91 Å². The van der Waals surface area contributed by atoms with Gasteiger partial charge in [0.1, 0.15) is 5.69 Å². The largest absolute Gasteiger partial charge is 0.383 e. The van der Waals surface area contributed by atoms with Gasteiger partial charge in [-0.2, -0.15) is 5.10 Å². The SMILES string of the molecule is COCCn1nc(C(=O)Nc2ccc(C)c(Cl)c2)ccc1=O. The van der Waals surface area contributed by atoms with Crippen molar-refractivity contribution in [2.24, 2.45) is 0 Å². The van der Waals surface area contributed by atoms with Gasteiger partial charge in [-0.15, -0.1) is 0 Å². The van der Waals surface area contributed by atoms with Gasteiger partial charge in [0.05, 0.1) is 13.2 Å². The van der Waals surface area contributed by atoms with Gasteiger partial charge < -0.3 is 10.1 Å². The molecule has 2 aromatic rings. The highest BCUT2D eigenvalue weighted by atomic mass is 35.5. The molecule has 6 nitrogen and oxygen atoms in total. The van der Waals surface area contributed by atoms with Gasteiger partial charge in [0.2, 0.25) is 0 Å². The van der Waals surface area contributed by atoms with E-state index in [1.807, 2.05) is 13.0 Å². The monoisotopic (exact) mass is 321 g/mol. The first-order chi connectivity index (χ1) is 10.5. The topological polar surface area (TPSA) is 73.2 Å². The van der Waals surface area contributed by atoms with Gasteiger partial charge in [-0.1, -0.05) is 17.7 Å². The maximum atomic E-state index is 12.2. The molecule has 1 aromatic heterocycles. The number of anilines is 1. The number of methoxy groups -OCH3 is 1. The van der Waals surface area contributed by atoms with Crippen LogP contribution in [0, 0.1) is 6.92 Å². The third-order valence-corrected chi connectivity index (χ3v) is 3.44. The van der Waals surface area contributed by atoms with E-state index in [0.29, 0.717) is 17.3 Å². The Kier molecular flexibility index (Phi) is 5.30. The fraction of sp³-hybridized carbons (Fsp3) is 0.267. The highest BCUT2D eigenvalue weighted by Gasteiger charge is 2.10. The Morgan fingerprint density at radius 3 is 2.82 bits per heavy atom. The van der Waals surface area contributed by atoms with Crippen LogP contribution in [-0.4, -0.2) is 29.4 Å². The summed E-state index contributed by atoms with van der Waals surface area (Å²) in [7, 11) is 1.53. The van der Waals surface area contributed by atoms with Crippen molar-refractivity contribution in [1.29, 1.82) is 0 Å². The Bertz CT molecular complexity index is 743. The molecular weight excluding hydrogens is 306 g/mol. The van der Waals surface area contributed by atoms with E-state index in [2.05, 4.69) is 10.4 Å². The van der Waals surface area contributed by atoms with Crippen molar-refractivity contribution in [2.45, 2.75) is 13.5 Å². The van der Waals surface area contributed by atoms with Crippen LogP contribution in [0.3, 0.4) is 0 Å². The molecule has 0 atom stereocenters. The second-order valence-electron chi connectivity index (χ2n) is 4.69. The van der Waals surface area contributed by atoms with Crippen LogP contribution in [0.1, 0.15) is 16.1 Å². The van der Waals surface area contributed by atoms with Crippen LogP contribution in [0.5, 0.6) is 0 Å². The second-order valence-corrected chi connectivity index (χ2v) is 5.10. The molecule has 0 radical (unpaired) electrons. The lowest BCUT2D eigenvalue weighted by Gasteiger charge is -2.08. The Hall–Kier alpha value is -2.18. The van der Waals surface area contributed by atoms with Gasteiger partial charge in [0.15, 0.2) is 0 Å². The number of nitrogens with one attached hydrogen (secondary N) is 1. The minimum atomic E-state index is -0.411. The molecule has 116 valence electrons. The number of carbonyl (C=O) groups is 1. The molecule has 0 bridgehead atoms. The van der Waals surface area contributed by atoms with E-state index in [9.17, 15) is 9.59 Å². The highest BCUT2D eigenvalue weighted by molar-refractivity contribution is 6.31. The van der Waals surface area contributed by atoms with Gasteiger partial charge in [-0.25, -0.2) is 4.68 Å². The standard InChI is InChI=1S/C15H16ClN3O3/c1-10-3-4-11(9-12(10)16)17-15(21)13-5-6-14(20)19(18-13)7-8-22-2/h3-6,9H,7-8H2,1-2H3,(H,17,21). The first kappa shape index (κ1) is 16.2. The molecule has 1 aromatic carbocycles. The van der Waals surface area contributed by atoms with Crippen molar-refractivity contribution in [3.63, 3.8) is 0 Å². The van der Waals surface area contributed by atoms with Gasteiger partial charge in [0, 0.05) is 23.9 Å². The average Bonchev–Trinajstić information content (AvgIpc) is 2.50. The molecule has 0 saturated carbocycles. The van der Waals surface area contributed by atoms with Crippen LogP contribution in [0.15, 0.2) is 35.1 Å². The van der Waals surface area contributed by atoms with Gasteiger partial charge in [0.25, 0.3) is 11.5 Å². The molecular formula is C15H16ClN3O3. The number of ether oxygens (including phenoxy) is 1. The fourth-order valence-electron chi connectivity index (χ4n) is 1.77. The predicted octanol–water partition coefficient (Wildman–Crippen LogP) is 2.10. The van der Waals surface area contributed by atoms with Crippen LogP contribution < -0.4 is 10.9 Å². The molecule has 7 heteroatoms. The van der Waals surface area contributed by atoms with E-state index >= 15 is 0 Å². The maximum Gasteiger partial charge on any atom is 0.276 e. The second kappa shape index (κ2) is 7.20. The summed E-state index contributed by atoms with van der Waals surface area (Å²) in [4.78, 5) is 23.8. The van der Waals surface area contributed by atoms with E-state index in [1.54, 1.807) is 12.1 Å². The summed E-state index contributed by atoms with van der Waals surface area (Å²) in [6.07, 6.45) is 0. The summed E-state index contributed by atoms with van der Waals surface area (Å²) in [5.41, 5.74) is 1.35. The number of nitrogens with zero attached hydrogens (tertiary/aromatic N) is 2. The summed E-state index contributed by atoms with van der Waals surface area (Å²) in [6, 6.07) is 7.91. The lowest BCUT2D eigenvalue weighted by molar-refractivity contribution is 0.101. The molecule has 0 saturated heterocycles.